The number of anilines is 2. The fourth-order valence-corrected chi connectivity index (χ4v) is 2.46. The maximum Gasteiger partial charge on any atom is 0.265 e. The predicted octanol–water partition coefficient (Wildman–Crippen LogP) is 1.44. The van der Waals surface area contributed by atoms with Crippen molar-refractivity contribution in [2.45, 2.75) is 32.6 Å². The minimum Gasteiger partial charge on any atom is -0.396 e. The van der Waals surface area contributed by atoms with Crippen LogP contribution < -0.4 is 16.4 Å². The number of nitrogens with zero attached hydrogens (tertiary/aromatic N) is 1. The second-order valence-electron chi connectivity index (χ2n) is 4.16. The summed E-state index contributed by atoms with van der Waals surface area (Å²) in [6.07, 6.45) is 3.72. The number of unbranched alkanes of at least 4 members (excludes halogenated alkanes) is 3. The normalized spacial score (nSPS) is 10.4. The van der Waals surface area contributed by atoms with E-state index in [1.165, 1.54) is 11.3 Å². The number of thiazole rings is 1. The molecule has 1 rings (SSSR count). The Morgan fingerprint density at radius 3 is 2.79 bits per heavy atom. The Labute approximate surface area is 117 Å². The van der Waals surface area contributed by atoms with E-state index in [4.69, 9.17) is 10.8 Å². The number of hydrogen-bond acceptors (Lipinski definition) is 6. The molecule has 19 heavy (non-hydrogen) atoms. The zero-order valence-corrected chi connectivity index (χ0v) is 12.1. The van der Waals surface area contributed by atoms with Crippen molar-refractivity contribution in [3.63, 3.8) is 0 Å². The minimum atomic E-state index is -0.165. The molecule has 0 bridgehead atoms. The average Bonchev–Trinajstić information content (AvgIpc) is 2.75. The van der Waals surface area contributed by atoms with E-state index in [9.17, 15) is 4.79 Å². The van der Waals surface area contributed by atoms with Gasteiger partial charge in [-0.2, -0.15) is 0 Å². The van der Waals surface area contributed by atoms with Crippen molar-refractivity contribution in [3.8, 4) is 0 Å². The summed E-state index contributed by atoms with van der Waals surface area (Å²) in [5.74, 6) is 0.111. The second kappa shape index (κ2) is 8.71. The van der Waals surface area contributed by atoms with Gasteiger partial charge < -0.3 is 21.5 Å². The fourth-order valence-electron chi connectivity index (χ4n) is 1.59. The first-order valence-electron chi connectivity index (χ1n) is 6.58. The largest absolute Gasteiger partial charge is 0.396 e. The van der Waals surface area contributed by atoms with Crippen LogP contribution in [0, 0.1) is 0 Å². The average molecular weight is 286 g/mol. The molecule has 0 fully saturated rings. The molecule has 0 saturated carbocycles. The molecule has 108 valence electrons. The summed E-state index contributed by atoms with van der Waals surface area (Å²) in [7, 11) is 0. The van der Waals surface area contributed by atoms with Gasteiger partial charge in [-0.05, 0) is 19.8 Å². The first kappa shape index (κ1) is 15.7. The number of aromatic nitrogens is 1. The highest BCUT2D eigenvalue weighted by molar-refractivity contribution is 7.18. The number of hydrogen-bond donors (Lipinski definition) is 4. The number of carbonyl (C=O) groups excluding carboxylic acids is 1. The van der Waals surface area contributed by atoms with E-state index < -0.39 is 0 Å². The van der Waals surface area contributed by atoms with Crippen LogP contribution in [0.15, 0.2) is 0 Å². The van der Waals surface area contributed by atoms with Gasteiger partial charge >= 0.3 is 0 Å². The smallest absolute Gasteiger partial charge is 0.265 e. The molecule has 0 aliphatic carbocycles. The highest BCUT2D eigenvalue weighted by atomic mass is 32.1. The van der Waals surface area contributed by atoms with Crippen molar-refractivity contribution in [2.75, 3.05) is 30.7 Å². The first-order chi connectivity index (χ1) is 9.19. The van der Waals surface area contributed by atoms with Crippen molar-refractivity contribution < 1.29 is 9.90 Å². The zero-order chi connectivity index (χ0) is 14.1. The molecule has 0 aromatic carbocycles. The maximum absolute atomic E-state index is 11.9. The standard InChI is InChI=1S/C12H22N4O2S/c1-2-14-12-16-10(13)9(19-12)11(18)15-7-5-3-4-6-8-17/h17H,2-8,13H2,1H3,(H,14,16)(H,15,18). The molecule has 1 aromatic heterocycles. The third-order valence-corrected chi connectivity index (χ3v) is 3.59. The fraction of sp³-hybridized carbons (Fsp3) is 0.667. The molecule has 5 N–H and O–H groups in total. The van der Waals surface area contributed by atoms with Gasteiger partial charge in [0.2, 0.25) is 0 Å². The minimum absolute atomic E-state index is 0.165. The number of nitrogens with two attached hydrogens (primary N) is 1. The quantitative estimate of drug-likeness (QED) is 0.515. The van der Waals surface area contributed by atoms with E-state index in [1.807, 2.05) is 6.92 Å². The van der Waals surface area contributed by atoms with Gasteiger partial charge in [0.1, 0.15) is 10.7 Å². The van der Waals surface area contributed by atoms with Gasteiger partial charge in [0.05, 0.1) is 0 Å². The van der Waals surface area contributed by atoms with E-state index in [1.54, 1.807) is 0 Å². The van der Waals surface area contributed by atoms with Crippen LogP contribution in [0.3, 0.4) is 0 Å². The number of amides is 1. The lowest BCUT2D eigenvalue weighted by Crippen LogP contribution is -2.24. The molecule has 0 aliphatic heterocycles. The van der Waals surface area contributed by atoms with Crippen LogP contribution in [0.2, 0.25) is 0 Å². The summed E-state index contributed by atoms with van der Waals surface area (Å²) in [6, 6.07) is 0. The van der Waals surface area contributed by atoms with Crippen LogP contribution in [-0.4, -0.2) is 35.7 Å². The highest BCUT2D eigenvalue weighted by Gasteiger charge is 2.15. The third-order valence-electron chi connectivity index (χ3n) is 2.56. The maximum atomic E-state index is 11.9. The van der Waals surface area contributed by atoms with Crippen LogP contribution in [0.25, 0.3) is 0 Å². The van der Waals surface area contributed by atoms with E-state index in [0.717, 1.165) is 32.2 Å². The molecule has 0 saturated heterocycles. The number of carbonyl (C=O) groups is 1. The SMILES string of the molecule is CCNc1nc(N)c(C(=O)NCCCCCCO)s1. The zero-order valence-electron chi connectivity index (χ0n) is 11.2. The Morgan fingerprint density at radius 1 is 1.37 bits per heavy atom. The Balaban J connectivity index is 2.32. The van der Waals surface area contributed by atoms with Gasteiger partial charge in [-0.1, -0.05) is 24.2 Å². The number of nitrogen functional groups attached to an aromatic ring is 1. The Morgan fingerprint density at radius 2 is 2.11 bits per heavy atom. The molecule has 0 unspecified atom stereocenters. The monoisotopic (exact) mass is 286 g/mol. The number of rotatable bonds is 9. The van der Waals surface area contributed by atoms with Gasteiger partial charge in [0, 0.05) is 19.7 Å². The second-order valence-corrected chi connectivity index (χ2v) is 5.16. The lowest BCUT2D eigenvalue weighted by atomic mass is 10.2. The number of nitrogens with one attached hydrogen (secondary N) is 2. The van der Waals surface area contributed by atoms with Crippen molar-refractivity contribution in [1.29, 1.82) is 0 Å². The van der Waals surface area contributed by atoms with Crippen LogP contribution in [0.4, 0.5) is 10.9 Å². The van der Waals surface area contributed by atoms with Crippen LogP contribution in [0.5, 0.6) is 0 Å². The number of aliphatic hydroxyl groups is 1. The molecule has 0 radical (unpaired) electrons. The summed E-state index contributed by atoms with van der Waals surface area (Å²) in [6.45, 7) is 3.57. The predicted molar refractivity (Wildman–Crippen MR) is 78.6 cm³/mol. The summed E-state index contributed by atoms with van der Waals surface area (Å²) in [5.41, 5.74) is 5.71. The molecule has 0 aliphatic rings. The van der Waals surface area contributed by atoms with Crippen molar-refractivity contribution in [1.82, 2.24) is 10.3 Å². The summed E-state index contributed by atoms with van der Waals surface area (Å²) >= 11 is 1.27. The van der Waals surface area contributed by atoms with E-state index in [2.05, 4.69) is 15.6 Å². The van der Waals surface area contributed by atoms with E-state index >= 15 is 0 Å². The van der Waals surface area contributed by atoms with E-state index in [0.29, 0.717) is 16.6 Å². The lowest BCUT2D eigenvalue weighted by Gasteiger charge is -2.03. The number of aliphatic hydroxyl groups excluding tert-OH is 1. The van der Waals surface area contributed by atoms with Gasteiger partial charge in [0.15, 0.2) is 5.13 Å². The summed E-state index contributed by atoms with van der Waals surface area (Å²) in [4.78, 5) is 16.4. The topological polar surface area (TPSA) is 100 Å². The molecule has 0 spiro atoms. The molecular formula is C12H22N4O2S. The lowest BCUT2D eigenvalue weighted by molar-refractivity contribution is 0.0957. The highest BCUT2D eigenvalue weighted by Crippen LogP contribution is 2.24. The molecule has 1 aromatic rings. The van der Waals surface area contributed by atoms with Crippen molar-refractivity contribution in [3.05, 3.63) is 4.88 Å². The van der Waals surface area contributed by atoms with E-state index in [-0.39, 0.29) is 18.3 Å². The van der Waals surface area contributed by atoms with Crippen LogP contribution in [-0.2, 0) is 0 Å². The Bertz CT molecular complexity index is 395. The van der Waals surface area contributed by atoms with Crippen molar-refractivity contribution >= 4 is 28.2 Å². The molecule has 0 atom stereocenters. The summed E-state index contributed by atoms with van der Waals surface area (Å²) in [5, 5.41) is 15.2. The van der Waals surface area contributed by atoms with Crippen LogP contribution >= 0.6 is 11.3 Å². The van der Waals surface area contributed by atoms with Crippen molar-refractivity contribution in [2.24, 2.45) is 0 Å². The van der Waals surface area contributed by atoms with Gasteiger partial charge in [-0.15, -0.1) is 0 Å². The van der Waals surface area contributed by atoms with Gasteiger partial charge in [-0.25, -0.2) is 4.98 Å². The van der Waals surface area contributed by atoms with Gasteiger partial charge in [0.25, 0.3) is 5.91 Å². The molecule has 7 heteroatoms. The third kappa shape index (κ3) is 5.44. The Kier molecular flexibility index (Phi) is 7.20. The van der Waals surface area contributed by atoms with Crippen LogP contribution in [0.1, 0.15) is 42.3 Å². The molecule has 6 nitrogen and oxygen atoms in total. The first-order valence-corrected chi connectivity index (χ1v) is 7.40. The molecule has 1 heterocycles. The Hall–Kier alpha value is -1.34. The summed E-state index contributed by atoms with van der Waals surface area (Å²) < 4.78 is 0. The molecule has 1 amide bonds. The molecular weight excluding hydrogens is 264 g/mol. The van der Waals surface area contributed by atoms with Gasteiger partial charge in [-0.3, -0.25) is 4.79 Å².